The van der Waals surface area contributed by atoms with Gasteiger partial charge in [-0.2, -0.15) is 0 Å². The molecule has 0 fully saturated rings. The third-order valence-corrected chi connectivity index (χ3v) is 4.91. The van der Waals surface area contributed by atoms with Gasteiger partial charge in [-0.3, -0.25) is 0 Å². The molecule has 0 bridgehead atoms. The zero-order chi connectivity index (χ0) is 14.2. The monoisotopic (exact) mass is 432 g/mol. The molecule has 0 radical (unpaired) electrons. The van der Waals surface area contributed by atoms with Gasteiger partial charge in [0.15, 0.2) is 0 Å². The third kappa shape index (κ3) is 3.96. The molecule has 1 atom stereocenters. The van der Waals surface area contributed by atoms with E-state index in [1.807, 2.05) is 0 Å². The van der Waals surface area contributed by atoms with Crippen LogP contribution in [-0.4, -0.2) is 0 Å². The maximum atomic E-state index is 2.36. The van der Waals surface area contributed by atoms with Gasteiger partial charge in [0, 0.05) is 0 Å². The van der Waals surface area contributed by atoms with Crippen molar-refractivity contribution in [1.29, 1.82) is 0 Å². The van der Waals surface area contributed by atoms with E-state index in [1.165, 1.54) is 22.3 Å². The molecule has 0 aliphatic heterocycles. The second-order valence-corrected chi connectivity index (χ2v) is 6.26. The summed E-state index contributed by atoms with van der Waals surface area (Å²) < 4.78 is 0. The van der Waals surface area contributed by atoms with E-state index in [9.17, 15) is 0 Å². The maximum absolute atomic E-state index is 2.36. The second-order valence-electron chi connectivity index (χ2n) is 6.26. The Morgan fingerprint density at radius 3 is 2.46 bits per heavy atom. The van der Waals surface area contributed by atoms with Crippen molar-refractivity contribution in [2.24, 2.45) is 5.92 Å². The first-order valence-corrected chi connectivity index (χ1v) is 7.87. The van der Waals surface area contributed by atoms with Crippen LogP contribution >= 0.6 is 0 Å². The Labute approximate surface area is 176 Å². The normalized spacial score (nSPS) is 14.5. The first-order valence-electron chi connectivity index (χ1n) is 7.87. The topological polar surface area (TPSA) is 0 Å². The van der Waals surface area contributed by atoms with Gasteiger partial charge >= 0.3 is 26.2 Å². The van der Waals surface area contributed by atoms with Crippen molar-refractivity contribution < 1.29 is 51.0 Å². The van der Waals surface area contributed by atoms with Crippen LogP contribution in [0, 0.1) is 5.92 Å². The number of allylic oxidation sites excluding steroid dienone is 4. The fourth-order valence-electron chi connectivity index (χ4n) is 3.70. The van der Waals surface area contributed by atoms with Crippen LogP contribution in [0.4, 0.5) is 0 Å². The van der Waals surface area contributed by atoms with Crippen molar-refractivity contribution in [3.05, 3.63) is 83.0 Å². The summed E-state index contributed by atoms with van der Waals surface area (Å²) in [5, 5.41) is 0. The average Bonchev–Trinajstić information content (AvgIpc) is 3.15. The van der Waals surface area contributed by atoms with Gasteiger partial charge in [-0.15, -0.1) is 0 Å². The first-order chi connectivity index (χ1) is 10.3. The Hall–Kier alpha value is -0.617. The zero-order valence-corrected chi connectivity index (χ0v) is 17.7. The summed E-state index contributed by atoms with van der Waals surface area (Å²) in [4.78, 5) is 0. The summed E-state index contributed by atoms with van der Waals surface area (Å²) >= 11 is 0. The molecule has 0 nitrogen and oxygen atoms in total. The van der Waals surface area contributed by atoms with E-state index in [0.717, 1.165) is 19.3 Å². The number of fused-ring (bicyclic) bond motifs is 3. The number of benzene rings is 2. The molecular weight excluding hydrogens is 414 g/mol. The Bertz CT molecular complexity index is 762. The van der Waals surface area contributed by atoms with E-state index in [2.05, 4.69) is 67.6 Å². The van der Waals surface area contributed by atoms with Crippen LogP contribution in [0.1, 0.15) is 30.0 Å². The minimum atomic E-state index is 0. The molecule has 2 aliphatic rings. The van der Waals surface area contributed by atoms with Crippen molar-refractivity contribution >= 4 is 0 Å². The van der Waals surface area contributed by atoms with Gasteiger partial charge in [0.25, 0.3) is 0 Å². The maximum Gasteiger partial charge on any atom is 2.00 e. The van der Waals surface area contributed by atoms with Crippen LogP contribution in [0.15, 0.2) is 66.3 Å². The Balaban J connectivity index is 0.000000960. The summed E-state index contributed by atoms with van der Waals surface area (Å²) in [5.74, 6) is 0.634. The molecule has 0 saturated carbocycles. The predicted octanol–water partition coefficient (Wildman–Crippen LogP) is -0.672. The summed E-state index contributed by atoms with van der Waals surface area (Å²) in [6, 6.07) is 15.7. The smallest absolute Gasteiger partial charge is 1.00 e. The molecule has 4 rings (SSSR count). The molecular formula is C21H20Cl2Zr. The van der Waals surface area contributed by atoms with Gasteiger partial charge in [0.2, 0.25) is 0 Å². The fourth-order valence-corrected chi connectivity index (χ4v) is 3.70. The quantitative estimate of drug-likeness (QED) is 0.513. The molecule has 0 heterocycles. The first kappa shape index (κ1) is 21.4. The average molecular weight is 435 g/mol. The molecule has 0 saturated heterocycles. The molecule has 122 valence electrons. The van der Waals surface area contributed by atoms with E-state index < -0.39 is 0 Å². The summed E-state index contributed by atoms with van der Waals surface area (Å²) in [6.07, 6.45) is 10.1. The van der Waals surface area contributed by atoms with E-state index in [-0.39, 0.29) is 51.0 Å². The summed E-state index contributed by atoms with van der Waals surface area (Å²) in [7, 11) is 0. The van der Waals surface area contributed by atoms with Crippen LogP contribution in [0.5, 0.6) is 0 Å². The van der Waals surface area contributed by atoms with Crippen molar-refractivity contribution in [3.63, 3.8) is 0 Å². The van der Waals surface area contributed by atoms with Crippen molar-refractivity contribution in [2.45, 2.75) is 26.2 Å². The molecule has 0 N–H and O–H groups in total. The van der Waals surface area contributed by atoms with E-state index >= 15 is 0 Å². The van der Waals surface area contributed by atoms with Gasteiger partial charge in [-0.25, -0.2) is 0 Å². The van der Waals surface area contributed by atoms with E-state index in [4.69, 9.17) is 0 Å². The van der Waals surface area contributed by atoms with Crippen LogP contribution in [0.25, 0.3) is 11.1 Å². The Kier molecular flexibility index (Phi) is 8.20. The van der Waals surface area contributed by atoms with E-state index in [0.29, 0.717) is 5.92 Å². The number of rotatable bonds is 3. The molecule has 3 heteroatoms. The summed E-state index contributed by atoms with van der Waals surface area (Å²) in [6.45, 7) is 2.36. The van der Waals surface area contributed by atoms with Gasteiger partial charge < -0.3 is 24.8 Å². The molecule has 2 aliphatic carbocycles. The largest absolute Gasteiger partial charge is 2.00 e. The van der Waals surface area contributed by atoms with Gasteiger partial charge in [-0.05, 0) is 53.0 Å². The molecule has 1 unspecified atom stereocenters. The van der Waals surface area contributed by atoms with Crippen LogP contribution < -0.4 is 24.8 Å². The van der Waals surface area contributed by atoms with Crippen molar-refractivity contribution in [1.82, 2.24) is 0 Å². The Morgan fingerprint density at radius 1 is 0.958 bits per heavy atom. The van der Waals surface area contributed by atoms with Gasteiger partial charge in [-0.1, -0.05) is 73.2 Å². The van der Waals surface area contributed by atoms with E-state index in [1.54, 1.807) is 11.1 Å². The Morgan fingerprint density at radius 2 is 1.71 bits per heavy atom. The molecule has 24 heavy (non-hydrogen) atoms. The third-order valence-electron chi connectivity index (χ3n) is 4.91. The van der Waals surface area contributed by atoms with Crippen LogP contribution in [0.3, 0.4) is 0 Å². The van der Waals surface area contributed by atoms with Crippen molar-refractivity contribution in [3.8, 4) is 11.1 Å². The standard InChI is InChI=1S/C21H20.2ClH.Zr/c1-15(16-7-2-3-8-16)13-17-10-6-12-20-19-11-5-4-9-18(19)14-21(17)20;;;/h2-7,9-12,15H,8,13-14H2,1H3;2*1H;/q;;;+2/p-2. The molecule has 2 aromatic rings. The second kappa shape index (κ2) is 9.18. The number of hydrogen-bond donors (Lipinski definition) is 0. The fraction of sp³-hybridized carbons (Fsp3) is 0.238. The zero-order valence-electron chi connectivity index (χ0n) is 13.7. The molecule has 0 aromatic heterocycles. The molecule has 0 amide bonds. The minimum Gasteiger partial charge on any atom is -1.00 e. The number of halogens is 2. The molecule has 2 aromatic carbocycles. The number of hydrogen-bond acceptors (Lipinski definition) is 0. The summed E-state index contributed by atoms with van der Waals surface area (Å²) in [5.41, 5.74) is 9.02. The van der Waals surface area contributed by atoms with Crippen molar-refractivity contribution in [2.75, 3.05) is 0 Å². The predicted molar refractivity (Wildman–Crippen MR) is 89.4 cm³/mol. The van der Waals surface area contributed by atoms with Gasteiger partial charge in [0.1, 0.15) is 0 Å². The van der Waals surface area contributed by atoms with Gasteiger partial charge in [0.05, 0.1) is 0 Å². The minimum absolute atomic E-state index is 0. The molecule has 0 spiro atoms. The van der Waals surface area contributed by atoms with Crippen LogP contribution in [-0.2, 0) is 39.0 Å². The van der Waals surface area contributed by atoms with Crippen LogP contribution in [0.2, 0.25) is 0 Å². The SMILES string of the molecule is CC(Cc1cccc2c1Cc1ccccc1-2)C1=CC=CC1.[Cl-].[Cl-].[Zr+2].